The van der Waals surface area contributed by atoms with Crippen molar-refractivity contribution in [3.63, 3.8) is 0 Å². The number of anilines is 1. The molecule has 0 radical (unpaired) electrons. The number of hydrogen-bond acceptors (Lipinski definition) is 4. The molecule has 1 amide bonds. The maximum absolute atomic E-state index is 12.6. The van der Waals surface area contributed by atoms with Gasteiger partial charge in [-0.15, -0.1) is 0 Å². The lowest BCUT2D eigenvalue weighted by molar-refractivity contribution is 0.102. The first-order valence-corrected chi connectivity index (χ1v) is 10.1. The van der Waals surface area contributed by atoms with Crippen LogP contribution in [0.15, 0.2) is 53.4 Å². The summed E-state index contributed by atoms with van der Waals surface area (Å²) in [6, 6.07) is 13.5. The van der Waals surface area contributed by atoms with Crippen molar-refractivity contribution in [2.24, 2.45) is 0 Å². The van der Waals surface area contributed by atoms with Crippen molar-refractivity contribution in [1.82, 2.24) is 4.72 Å². The molecule has 2 aromatic carbocycles. The lowest BCUT2D eigenvalue weighted by Gasteiger charge is -2.23. The van der Waals surface area contributed by atoms with Crippen LogP contribution in [0.2, 0.25) is 0 Å². The van der Waals surface area contributed by atoms with Gasteiger partial charge in [-0.1, -0.05) is 39.0 Å². The molecule has 0 saturated carbocycles. The second kappa shape index (κ2) is 8.65. The van der Waals surface area contributed by atoms with Crippen LogP contribution in [0.5, 0.6) is 0 Å². The Hall–Kier alpha value is -2.22. The maximum atomic E-state index is 12.6. The van der Waals surface area contributed by atoms with Gasteiger partial charge in [0.15, 0.2) is 0 Å². The van der Waals surface area contributed by atoms with E-state index in [1.165, 1.54) is 31.4 Å². The quantitative estimate of drug-likeness (QED) is 0.711. The lowest BCUT2D eigenvalue weighted by atomic mass is 9.86. The Labute approximate surface area is 161 Å². The summed E-state index contributed by atoms with van der Waals surface area (Å²) in [6.07, 6.45) is 0. The summed E-state index contributed by atoms with van der Waals surface area (Å²) in [4.78, 5) is 12.7. The Bertz CT molecular complexity index is 885. The van der Waals surface area contributed by atoms with Gasteiger partial charge in [0.2, 0.25) is 10.0 Å². The van der Waals surface area contributed by atoms with Crippen LogP contribution in [0, 0.1) is 0 Å². The number of amides is 1. The van der Waals surface area contributed by atoms with Gasteiger partial charge in [-0.3, -0.25) is 4.79 Å². The SMILES string of the molecule is COCCNS(=O)(=O)c1ccc(C(=O)Nc2ccccc2C(C)(C)C)cc1. The average molecular weight is 391 g/mol. The Kier molecular flexibility index (Phi) is 6.75. The molecule has 2 N–H and O–H groups in total. The van der Waals surface area contributed by atoms with Gasteiger partial charge in [-0.25, -0.2) is 13.1 Å². The molecule has 27 heavy (non-hydrogen) atoms. The molecule has 0 aromatic heterocycles. The van der Waals surface area contributed by atoms with Crippen LogP contribution in [0.3, 0.4) is 0 Å². The highest BCUT2D eigenvalue weighted by Crippen LogP contribution is 2.29. The number of para-hydroxylation sites is 1. The van der Waals surface area contributed by atoms with Crippen LogP contribution < -0.4 is 10.0 Å². The number of benzene rings is 2. The first kappa shape index (κ1) is 21.1. The summed E-state index contributed by atoms with van der Waals surface area (Å²) in [6.45, 7) is 6.70. The smallest absolute Gasteiger partial charge is 0.255 e. The number of carbonyl (C=O) groups is 1. The minimum absolute atomic E-state index is 0.102. The van der Waals surface area contributed by atoms with Crippen molar-refractivity contribution in [2.75, 3.05) is 25.6 Å². The molecule has 6 nitrogen and oxygen atoms in total. The lowest BCUT2D eigenvalue weighted by Crippen LogP contribution is -2.27. The average Bonchev–Trinajstić information content (AvgIpc) is 2.61. The normalized spacial score (nSPS) is 12.0. The van der Waals surface area contributed by atoms with E-state index >= 15 is 0 Å². The molecule has 146 valence electrons. The van der Waals surface area contributed by atoms with Crippen LogP contribution in [0.4, 0.5) is 5.69 Å². The van der Waals surface area contributed by atoms with Gasteiger partial charge in [0.1, 0.15) is 0 Å². The van der Waals surface area contributed by atoms with E-state index in [0.717, 1.165) is 11.3 Å². The third-order valence-corrected chi connectivity index (χ3v) is 5.49. The molecule has 2 aromatic rings. The Morgan fingerprint density at radius 1 is 1.04 bits per heavy atom. The van der Waals surface area contributed by atoms with Gasteiger partial charge >= 0.3 is 0 Å². The highest BCUT2D eigenvalue weighted by molar-refractivity contribution is 7.89. The molecule has 0 fully saturated rings. The van der Waals surface area contributed by atoms with E-state index < -0.39 is 10.0 Å². The predicted octanol–water partition coefficient (Wildman–Crippen LogP) is 3.16. The number of nitrogens with one attached hydrogen (secondary N) is 2. The maximum Gasteiger partial charge on any atom is 0.255 e. The highest BCUT2D eigenvalue weighted by atomic mass is 32.2. The summed E-state index contributed by atoms with van der Waals surface area (Å²) in [5.41, 5.74) is 2.04. The van der Waals surface area contributed by atoms with Crippen molar-refractivity contribution in [3.05, 3.63) is 59.7 Å². The molecule has 0 bridgehead atoms. The van der Waals surface area contributed by atoms with Crippen molar-refractivity contribution in [3.8, 4) is 0 Å². The summed E-state index contributed by atoms with van der Waals surface area (Å²) in [7, 11) is -2.12. The molecule has 7 heteroatoms. The minimum atomic E-state index is -3.62. The number of methoxy groups -OCH3 is 1. The molecule has 0 atom stereocenters. The standard InChI is InChI=1S/C20H26N2O4S/c1-20(2,3)17-7-5-6-8-18(17)22-19(23)15-9-11-16(12-10-15)27(24,25)21-13-14-26-4/h5-12,21H,13-14H2,1-4H3,(H,22,23). The Morgan fingerprint density at radius 2 is 1.67 bits per heavy atom. The molecule has 0 aliphatic carbocycles. The second-order valence-electron chi connectivity index (χ2n) is 7.16. The third kappa shape index (κ3) is 5.63. The predicted molar refractivity (Wildman–Crippen MR) is 107 cm³/mol. The molecular formula is C20H26N2O4S. The molecule has 0 saturated heterocycles. The number of sulfonamides is 1. The molecule has 2 rings (SSSR count). The van der Waals surface area contributed by atoms with Gasteiger partial charge in [-0.2, -0.15) is 0 Å². The number of ether oxygens (including phenoxy) is 1. The Balaban J connectivity index is 2.15. The van der Waals surface area contributed by atoms with Crippen LogP contribution >= 0.6 is 0 Å². The van der Waals surface area contributed by atoms with E-state index in [-0.39, 0.29) is 29.4 Å². The van der Waals surface area contributed by atoms with Crippen LogP contribution in [0.25, 0.3) is 0 Å². The van der Waals surface area contributed by atoms with E-state index in [2.05, 4.69) is 30.8 Å². The molecule has 0 heterocycles. The zero-order valence-corrected chi connectivity index (χ0v) is 16.9. The molecule has 0 aliphatic rings. The van der Waals surface area contributed by atoms with E-state index in [1.807, 2.05) is 24.3 Å². The minimum Gasteiger partial charge on any atom is -0.383 e. The summed E-state index contributed by atoms with van der Waals surface area (Å²) in [5, 5.41) is 2.91. The molecule has 0 spiro atoms. The van der Waals surface area contributed by atoms with E-state index in [9.17, 15) is 13.2 Å². The van der Waals surface area contributed by atoms with E-state index in [4.69, 9.17) is 4.74 Å². The number of rotatable bonds is 7. The monoisotopic (exact) mass is 390 g/mol. The zero-order chi connectivity index (χ0) is 20.1. The van der Waals surface area contributed by atoms with Gasteiger partial charge < -0.3 is 10.1 Å². The second-order valence-corrected chi connectivity index (χ2v) is 8.93. The zero-order valence-electron chi connectivity index (χ0n) is 16.1. The van der Waals surface area contributed by atoms with Gasteiger partial charge in [0.05, 0.1) is 11.5 Å². The van der Waals surface area contributed by atoms with Gasteiger partial charge in [0, 0.05) is 24.9 Å². The summed E-state index contributed by atoms with van der Waals surface area (Å²) >= 11 is 0. The van der Waals surface area contributed by atoms with E-state index in [1.54, 1.807) is 0 Å². The molecule has 0 aliphatic heterocycles. The highest BCUT2D eigenvalue weighted by Gasteiger charge is 2.19. The summed E-state index contributed by atoms with van der Waals surface area (Å²) < 4.78 is 31.6. The number of hydrogen-bond donors (Lipinski definition) is 2. The topological polar surface area (TPSA) is 84.5 Å². The van der Waals surface area contributed by atoms with Crippen LogP contribution in [-0.2, 0) is 20.2 Å². The van der Waals surface area contributed by atoms with Crippen molar-refractivity contribution >= 4 is 21.6 Å². The fraction of sp³-hybridized carbons (Fsp3) is 0.350. The fourth-order valence-electron chi connectivity index (χ4n) is 2.59. The number of carbonyl (C=O) groups excluding carboxylic acids is 1. The first-order valence-electron chi connectivity index (χ1n) is 8.64. The summed E-state index contributed by atoms with van der Waals surface area (Å²) in [5.74, 6) is -0.289. The van der Waals surface area contributed by atoms with Crippen molar-refractivity contribution < 1.29 is 17.9 Å². The Morgan fingerprint density at radius 3 is 2.26 bits per heavy atom. The van der Waals surface area contributed by atoms with Crippen LogP contribution in [-0.4, -0.2) is 34.6 Å². The van der Waals surface area contributed by atoms with Crippen LogP contribution in [0.1, 0.15) is 36.7 Å². The van der Waals surface area contributed by atoms with Gasteiger partial charge in [0.25, 0.3) is 5.91 Å². The van der Waals surface area contributed by atoms with Crippen molar-refractivity contribution in [2.45, 2.75) is 31.1 Å². The fourth-order valence-corrected chi connectivity index (χ4v) is 3.60. The van der Waals surface area contributed by atoms with Gasteiger partial charge in [-0.05, 0) is 41.3 Å². The third-order valence-electron chi connectivity index (χ3n) is 4.01. The molecule has 0 unspecified atom stereocenters. The first-order chi connectivity index (χ1) is 12.6. The largest absolute Gasteiger partial charge is 0.383 e. The van der Waals surface area contributed by atoms with E-state index in [0.29, 0.717) is 5.56 Å². The van der Waals surface area contributed by atoms with Crippen molar-refractivity contribution in [1.29, 1.82) is 0 Å². The molecular weight excluding hydrogens is 364 g/mol.